The van der Waals surface area contributed by atoms with E-state index in [4.69, 9.17) is 9.15 Å². The van der Waals surface area contributed by atoms with Gasteiger partial charge in [0.1, 0.15) is 35.4 Å². The first-order valence-electron chi connectivity index (χ1n) is 10.4. The molecule has 1 aliphatic rings. The highest BCUT2D eigenvalue weighted by Gasteiger charge is 2.20. The van der Waals surface area contributed by atoms with E-state index in [2.05, 4.69) is 14.8 Å². The van der Waals surface area contributed by atoms with Crippen molar-refractivity contribution in [2.24, 2.45) is 0 Å². The second-order valence-corrected chi connectivity index (χ2v) is 7.70. The topological polar surface area (TPSA) is 62.0 Å². The fourth-order valence-corrected chi connectivity index (χ4v) is 4.04. The summed E-state index contributed by atoms with van der Waals surface area (Å²) in [5.74, 6) is 1.76. The lowest BCUT2D eigenvalue weighted by atomic mass is 10.1. The van der Waals surface area contributed by atoms with Crippen LogP contribution in [0.2, 0.25) is 0 Å². The van der Waals surface area contributed by atoms with E-state index in [9.17, 15) is 5.11 Å². The van der Waals surface area contributed by atoms with E-state index in [0.29, 0.717) is 6.54 Å². The van der Waals surface area contributed by atoms with Crippen LogP contribution < -0.4 is 9.64 Å². The van der Waals surface area contributed by atoms with Crippen LogP contribution in [0.15, 0.2) is 71.3 Å². The molecule has 6 nitrogen and oxygen atoms in total. The molecule has 3 heterocycles. The number of rotatable bonds is 6. The van der Waals surface area contributed by atoms with Gasteiger partial charge in [0, 0.05) is 49.7 Å². The highest BCUT2D eigenvalue weighted by atomic mass is 16.5. The summed E-state index contributed by atoms with van der Waals surface area (Å²) in [4.78, 5) is 8.98. The molecule has 0 unspecified atom stereocenters. The first kappa shape index (κ1) is 18.9. The lowest BCUT2D eigenvalue weighted by Gasteiger charge is -2.36. The molecular weight excluding hydrogens is 378 g/mol. The van der Waals surface area contributed by atoms with Gasteiger partial charge in [-0.1, -0.05) is 24.3 Å². The van der Waals surface area contributed by atoms with Crippen molar-refractivity contribution in [3.63, 3.8) is 0 Å². The number of piperazine rings is 1. The third kappa shape index (κ3) is 3.97. The minimum atomic E-state index is -0.539. The SMILES string of the molecule is O[C@@H](COc1ccc2oc3ccccc3c2c1)CN1CCN(c2ccccn2)CC1. The van der Waals surface area contributed by atoms with E-state index in [-0.39, 0.29) is 6.61 Å². The summed E-state index contributed by atoms with van der Waals surface area (Å²) in [5.41, 5.74) is 1.71. The highest BCUT2D eigenvalue weighted by Crippen LogP contribution is 2.31. The number of furan rings is 1. The largest absolute Gasteiger partial charge is 0.491 e. The molecule has 0 aliphatic carbocycles. The Balaban J connectivity index is 1.15. The Hall–Kier alpha value is -3.09. The minimum Gasteiger partial charge on any atom is -0.491 e. The Kier molecular flexibility index (Phi) is 5.26. The molecular formula is C24H25N3O3. The summed E-state index contributed by atoms with van der Waals surface area (Å²) in [5, 5.41) is 12.6. The maximum Gasteiger partial charge on any atom is 0.135 e. The number of para-hydroxylation sites is 1. The van der Waals surface area contributed by atoms with Crippen LogP contribution in [-0.4, -0.2) is 60.4 Å². The summed E-state index contributed by atoms with van der Waals surface area (Å²) in [6.07, 6.45) is 1.29. The third-order valence-corrected chi connectivity index (χ3v) is 5.61. The zero-order valence-electron chi connectivity index (χ0n) is 16.8. The predicted octanol–water partition coefficient (Wildman–Crippen LogP) is 3.54. The average Bonchev–Trinajstić information content (AvgIpc) is 3.17. The molecule has 1 atom stereocenters. The second kappa shape index (κ2) is 8.34. The number of benzene rings is 2. The number of hydrogen-bond acceptors (Lipinski definition) is 6. The molecule has 4 aromatic rings. The standard InChI is InChI=1S/C24H25N3O3/c28-18(16-26-11-13-27(14-12-26)24-7-3-4-10-25-24)17-29-19-8-9-23-21(15-19)20-5-1-2-6-22(20)30-23/h1-10,15,18,28H,11-14,16-17H2/t18-/m1/s1. The van der Waals surface area contributed by atoms with Gasteiger partial charge in [0.05, 0.1) is 0 Å². The zero-order chi connectivity index (χ0) is 20.3. The summed E-state index contributed by atoms with van der Waals surface area (Å²) >= 11 is 0. The van der Waals surface area contributed by atoms with Crippen LogP contribution in [0.4, 0.5) is 5.82 Å². The van der Waals surface area contributed by atoms with Gasteiger partial charge in [0.15, 0.2) is 0 Å². The Morgan fingerprint density at radius 1 is 0.933 bits per heavy atom. The summed E-state index contributed by atoms with van der Waals surface area (Å²) < 4.78 is 11.7. The Morgan fingerprint density at radius 3 is 2.57 bits per heavy atom. The van der Waals surface area contributed by atoms with Crippen LogP contribution in [-0.2, 0) is 0 Å². The number of nitrogens with zero attached hydrogens (tertiary/aromatic N) is 3. The van der Waals surface area contributed by atoms with Crippen LogP contribution in [0.25, 0.3) is 21.9 Å². The molecule has 1 fully saturated rings. The van der Waals surface area contributed by atoms with Gasteiger partial charge >= 0.3 is 0 Å². The van der Waals surface area contributed by atoms with Crippen molar-refractivity contribution >= 4 is 27.8 Å². The van der Waals surface area contributed by atoms with Crippen LogP contribution in [0, 0.1) is 0 Å². The predicted molar refractivity (Wildman–Crippen MR) is 118 cm³/mol. The van der Waals surface area contributed by atoms with Crippen molar-refractivity contribution in [3.05, 3.63) is 66.9 Å². The first-order valence-corrected chi connectivity index (χ1v) is 10.4. The number of β-amino-alcohol motifs (C(OH)–C–C–N with tert-alkyl or cyclic N) is 1. The molecule has 2 aromatic carbocycles. The quantitative estimate of drug-likeness (QED) is 0.531. The number of pyridine rings is 1. The van der Waals surface area contributed by atoms with E-state index in [1.54, 1.807) is 0 Å². The number of anilines is 1. The third-order valence-electron chi connectivity index (χ3n) is 5.61. The van der Waals surface area contributed by atoms with Crippen molar-refractivity contribution in [3.8, 4) is 5.75 Å². The molecule has 0 bridgehead atoms. The van der Waals surface area contributed by atoms with Crippen molar-refractivity contribution in [2.75, 3.05) is 44.2 Å². The first-order chi connectivity index (χ1) is 14.8. The molecule has 0 amide bonds. The van der Waals surface area contributed by atoms with Crippen molar-refractivity contribution in [1.82, 2.24) is 9.88 Å². The molecule has 1 saturated heterocycles. The lowest BCUT2D eigenvalue weighted by molar-refractivity contribution is 0.0663. The number of ether oxygens (including phenoxy) is 1. The Labute approximate surface area is 175 Å². The number of hydrogen-bond donors (Lipinski definition) is 1. The average molecular weight is 403 g/mol. The van der Waals surface area contributed by atoms with E-state index >= 15 is 0 Å². The van der Waals surface area contributed by atoms with Gasteiger partial charge in [-0.15, -0.1) is 0 Å². The number of aliphatic hydroxyl groups excluding tert-OH is 1. The summed E-state index contributed by atoms with van der Waals surface area (Å²) in [6.45, 7) is 4.50. The second-order valence-electron chi connectivity index (χ2n) is 7.70. The number of fused-ring (bicyclic) bond motifs is 3. The summed E-state index contributed by atoms with van der Waals surface area (Å²) in [6, 6.07) is 19.8. The fourth-order valence-electron chi connectivity index (χ4n) is 4.04. The number of aromatic nitrogens is 1. The molecule has 2 aromatic heterocycles. The molecule has 0 radical (unpaired) electrons. The minimum absolute atomic E-state index is 0.266. The molecule has 0 saturated carbocycles. The van der Waals surface area contributed by atoms with Crippen molar-refractivity contribution in [2.45, 2.75) is 6.10 Å². The maximum absolute atomic E-state index is 10.5. The molecule has 154 valence electrons. The maximum atomic E-state index is 10.5. The van der Waals surface area contributed by atoms with Crippen LogP contribution in [0.3, 0.4) is 0 Å². The number of aliphatic hydroxyl groups is 1. The molecule has 1 aliphatic heterocycles. The van der Waals surface area contributed by atoms with Crippen molar-refractivity contribution in [1.29, 1.82) is 0 Å². The van der Waals surface area contributed by atoms with Gasteiger partial charge in [-0.05, 0) is 36.4 Å². The molecule has 5 rings (SSSR count). The smallest absolute Gasteiger partial charge is 0.135 e. The molecule has 0 spiro atoms. The van der Waals surface area contributed by atoms with Gasteiger partial charge < -0.3 is 19.2 Å². The monoisotopic (exact) mass is 403 g/mol. The zero-order valence-corrected chi connectivity index (χ0v) is 16.8. The fraction of sp³-hybridized carbons (Fsp3) is 0.292. The van der Waals surface area contributed by atoms with E-state index in [0.717, 1.165) is 59.7 Å². The highest BCUT2D eigenvalue weighted by molar-refractivity contribution is 6.05. The summed E-state index contributed by atoms with van der Waals surface area (Å²) in [7, 11) is 0. The van der Waals surface area contributed by atoms with Gasteiger partial charge in [0.25, 0.3) is 0 Å². The van der Waals surface area contributed by atoms with E-state index in [1.165, 1.54) is 0 Å². The lowest BCUT2D eigenvalue weighted by Crippen LogP contribution is -2.49. The Bertz CT molecular complexity index is 1120. The van der Waals surface area contributed by atoms with Crippen LogP contribution >= 0.6 is 0 Å². The normalized spacial score (nSPS) is 16.2. The molecule has 6 heteroatoms. The van der Waals surface area contributed by atoms with Crippen LogP contribution in [0.1, 0.15) is 0 Å². The van der Waals surface area contributed by atoms with Gasteiger partial charge in [-0.3, -0.25) is 4.90 Å². The van der Waals surface area contributed by atoms with Crippen LogP contribution in [0.5, 0.6) is 5.75 Å². The van der Waals surface area contributed by atoms with Gasteiger partial charge in [-0.2, -0.15) is 0 Å². The van der Waals surface area contributed by atoms with E-state index in [1.807, 2.05) is 66.9 Å². The van der Waals surface area contributed by atoms with E-state index < -0.39 is 6.10 Å². The van der Waals surface area contributed by atoms with Crippen molar-refractivity contribution < 1.29 is 14.3 Å². The van der Waals surface area contributed by atoms with Gasteiger partial charge in [-0.25, -0.2) is 4.98 Å². The molecule has 30 heavy (non-hydrogen) atoms. The molecule has 1 N–H and O–H groups in total. The Morgan fingerprint density at radius 2 is 1.73 bits per heavy atom. The van der Waals surface area contributed by atoms with Gasteiger partial charge in [0.2, 0.25) is 0 Å².